The van der Waals surface area contributed by atoms with Crippen molar-refractivity contribution in [2.75, 3.05) is 13.7 Å². The normalized spacial score (nSPS) is 12.7. The number of halogens is 3. The highest BCUT2D eigenvalue weighted by molar-refractivity contribution is 6.42. The van der Waals surface area contributed by atoms with E-state index in [-0.39, 0.29) is 47.8 Å². The zero-order valence-electron chi connectivity index (χ0n) is 20.8. The summed E-state index contributed by atoms with van der Waals surface area (Å²) in [5.41, 5.74) is 1.80. The SMILES string of the molecule is COc1ccc(-n2c(C(=O)NCc3ccccc3)c3n(c2=O)CCN(C(=O)c2ccc(Cl)c(Cl)c2)C3)cc1Cl. The van der Waals surface area contributed by atoms with Gasteiger partial charge in [0.25, 0.3) is 11.8 Å². The van der Waals surface area contributed by atoms with Gasteiger partial charge in [0.15, 0.2) is 0 Å². The van der Waals surface area contributed by atoms with Crippen LogP contribution in [-0.4, -0.2) is 39.5 Å². The Hall–Kier alpha value is -3.72. The van der Waals surface area contributed by atoms with E-state index in [1.165, 1.54) is 22.3 Å². The van der Waals surface area contributed by atoms with Gasteiger partial charge in [0, 0.05) is 25.2 Å². The molecule has 0 radical (unpaired) electrons. The number of carbonyl (C=O) groups excluding carboxylic acids is 2. The molecule has 0 spiro atoms. The quantitative estimate of drug-likeness (QED) is 0.337. The lowest BCUT2D eigenvalue weighted by Crippen LogP contribution is -2.41. The largest absolute Gasteiger partial charge is 0.495 e. The van der Waals surface area contributed by atoms with E-state index < -0.39 is 11.6 Å². The number of nitrogens with one attached hydrogen (secondary N) is 1. The van der Waals surface area contributed by atoms with Crippen molar-refractivity contribution < 1.29 is 14.3 Å². The first-order valence-corrected chi connectivity index (χ1v) is 13.2. The Morgan fingerprint density at radius 1 is 0.923 bits per heavy atom. The highest BCUT2D eigenvalue weighted by Crippen LogP contribution is 2.29. The molecule has 0 bridgehead atoms. The summed E-state index contributed by atoms with van der Waals surface area (Å²) >= 11 is 18.5. The van der Waals surface area contributed by atoms with Crippen molar-refractivity contribution in [1.82, 2.24) is 19.4 Å². The van der Waals surface area contributed by atoms with Gasteiger partial charge in [0.2, 0.25) is 0 Å². The molecule has 1 N–H and O–H groups in total. The molecule has 0 saturated heterocycles. The van der Waals surface area contributed by atoms with Crippen LogP contribution in [0, 0.1) is 0 Å². The summed E-state index contributed by atoms with van der Waals surface area (Å²) in [7, 11) is 1.49. The summed E-state index contributed by atoms with van der Waals surface area (Å²) in [5.74, 6) is -0.311. The topological polar surface area (TPSA) is 85.6 Å². The Morgan fingerprint density at radius 2 is 1.69 bits per heavy atom. The first-order chi connectivity index (χ1) is 18.8. The molecule has 0 saturated carbocycles. The molecule has 2 amide bonds. The van der Waals surface area contributed by atoms with Crippen molar-refractivity contribution in [1.29, 1.82) is 0 Å². The standard InChI is InChI=1S/C28H23Cl3N4O4/c1-39-24-10-8-19(14-22(24)31)35-25(26(36)32-15-17-5-3-2-4-6-17)23-16-33(11-12-34(23)28(35)38)27(37)18-7-9-20(29)21(30)13-18/h2-10,13-14H,11-12,15-16H2,1H3,(H,32,36). The van der Waals surface area contributed by atoms with Crippen LogP contribution in [0.2, 0.25) is 15.1 Å². The van der Waals surface area contributed by atoms with Crippen LogP contribution in [0.1, 0.15) is 32.1 Å². The van der Waals surface area contributed by atoms with E-state index >= 15 is 0 Å². The minimum atomic E-state index is -0.458. The molecule has 39 heavy (non-hydrogen) atoms. The van der Waals surface area contributed by atoms with Gasteiger partial charge in [-0.15, -0.1) is 0 Å². The van der Waals surface area contributed by atoms with Crippen LogP contribution >= 0.6 is 34.8 Å². The third-order valence-electron chi connectivity index (χ3n) is 6.54. The summed E-state index contributed by atoms with van der Waals surface area (Å²) in [6.45, 7) is 0.772. The molecule has 4 aromatic rings. The van der Waals surface area contributed by atoms with Gasteiger partial charge in [0.05, 0.1) is 40.1 Å². The van der Waals surface area contributed by atoms with Crippen LogP contribution in [-0.2, 0) is 19.6 Å². The van der Waals surface area contributed by atoms with E-state index in [0.717, 1.165) is 5.56 Å². The Bertz CT molecular complexity index is 1630. The van der Waals surface area contributed by atoms with E-state index in [0.29, 0.717) is 27.7 Å². The van der Waals surface area contributed by atoms with Crippen LogP contribution in [0.3, 0.4) is 0 Å². The Kier molecular flexibility index (Phi) is 7.70. The van der Waals surface area contributed by atoms with E-state index in [1.807, 2.05) is 30.3 Å². The molecule has 0 unspecified atom stereocenters. The molecule has 8 nitrogen and oxygen atoms in total. The van der Waals surface area contributed by atoms with Gasteiger partial charge >= 0.3 is 5.69 Å². The number of imidazole rings is 1. The number of benzene rings is 3. The van der Waals surface area contributed by atoms with E-state index in [4.69, 9.17) is 39.5 Å². The average Bonchev–Trinajstić information content (AvgIpc) is 3.24. The molecule has 1 aliphatic rings. The number of amides is 2. The second-order valence-corrected chi connectivity index (χ2v) is 10.1. The predicted molar refractivity (Wildman–Crippen MR) is 150 cm³/mol. The molecule has 0 atom stereocenters. The van der Waals surface area contributed by atoms with Gasteiger partial charge in [-0.25, -0.2) is 4.79 Å². The third-order valence-corrected chi connectivity index (χ3v) is 7.57. The molecule has 2 heterocycles. The maximum Gasteiger partial charge on any atom is 0.333 e. The molecule has 0 fully saturated rings. The van der Waals surface area contributed by atoms with Crippen molar-refractivity contribution in [3.8, 4) is 11.4 Å². The average molecular weight is 586 g/mol. The highest BCUT2D eigenvalue weighted by atomic mass is 35.5. The Balaban J connectivity index is 1.56. The van der Waals surface area contributed by atoms with Crippen molar-refractivity contribution in [2.45, 2.75) is 19.6 Å². The summed E-state index contributed by atoms with van der Waals surface area (Å²) < 4.78 is 8.09. The summed E-state index contributed by atoms with van der Waals surface area (Å²) in [6.07, 6.45) is 0. The fourth-order valence-electron chi connectivity index (χ4n) is 4.57. The molecular weight excluding hydrogens is 563 g/mol. The number of methoxy groups -OCH3 is 1. The zero-order chi connectivity index (χ0) is 27.7. The van der Waals surface area contributed by atoms with Crippen LogP contribution in [0.4, 0.5) is 0 Å². The lowest BCUT2D eigenvalue weighted by Gasteiger charge is -2.28. The smallest absolute Gasteiger partial charge is 0.333 e. The molecule has 1 aromatic heterocycles. The number of carbonyl (C=O) groups is 2. The number of fused-ring (bicyclic) bond motifs is 1. The van der Waals surface area contributed by atoms with Gasteiger partial charge in [0.1, 0.15) is 11.4 Å². The second-order valence-electron chi connectivity index (χ2n) is 8.91. The summed E-state index contributed by atoms with van der Waals surface area (Å²) in [6, 6.07) is 18.9. The van der Waals surface area contributed by atoms with E-state index in [2.05, 4.69) is 5.32 Å². The van der Waals surface area contributed by atoms with Gasteiger partial charge in [-0.05, 0) is 42.0 Å². The van der Waals surface area contributed by atoms with Gasteiger partial charge < -0.3 is 15.0 Å². The molecule has 11 heteroatoms. The number of hydrogen-bond donors (Lipinski definition) is 1. The Morgan fingerprint density at radius 3 is 2.38 bits per heavy atom. The van der Waals surface area contributed by atoms with Gasteiger partial charge in [-0.2, -0.15) is 0 Å². The third kappa shape index (κ3) is 5.28. The molecule has 3 aromatic carbocycles. The van der Waals surface area contributed by atoms with Crippen molar-refractivity contribution in [2.24, 2.45) is 0 Å². The summed E-state index contributed by atoms with van der Waals surface area (Å²) in [4.78, 5) is 42.2. The minimum absolute atomic E-state index is 0.0410. The van der Waals surface area contributed by atoms with Gasteiger partial charge in [-0.1, -0.05) is 65.1 Å². The fourth-order valence-corrected chi connectivity index (χ4v) is 5.12. The van der Waals surface area contributed by atoms with Crippen LogP contribution in [0.25, 0.3) is 5.69 Å². The number of rotatable bonds is 6. The number of nitrogens with zero attached hydrogens (tertiary/aromatic N) is 3. The maximum absolute atomic E-state index is 13.7. The zero-order valence-corrected chi connectivity index (χ0v) is 23.1. The second kappa shape index (κ2) is 11.2. The van der Waals surface area contributed by atoms with Crippen LogP contribution < -0.4 is 15.7 Å². The first-order valence-electron chi connectivity index (χ1n) is 12.0. The summed E-state index contributed by atoms with van der Waals surface area (Å²) in [5, 5.41) is 3.81. The van der Waals surface area contributed by atoms with Gasteiger partial charge in [-0.3, -0.25) is 18.7 Å². The van der Waals surface area contributed by atoms with Crippen molar-refractivity contribution in [3.63, 3.8) is 0 Å². The minimum Gasteiger partial charge on any atom is -0.495 e. The Labute approximate surface area is 239 Å². The monoisotopic (exact) mass is 584 g/mol. The number of aromatic nitrogens is 2. The first kappa shape index (κ1) is 26.9. The number of ether oxygens (including phenoxy) is 1. The molecular formula is C28H23Cl3N4O4. The number of hydrogen-bond acceptors (Lipinski definition) is 4. The fraction of sp³-hybridized carbons (Fsp3) is 0.179. The molecule has 5 rings (SSSR count). The van der Waals surface area contributed by atoms with E-state index in [9.17, 15) is 14.4 Å². The van der Waals surface area contributed by atoms with E-state index in [1.54, 1.807) is 35.2 Å². The van der Waals surface area contributed by atoms with Crippen molar-refractivity contribution in [3.05, 3.63) is 115 Å². The van der Waals surface area contributed by atoms with Crippen LogP contribution in [0.5, 0.6) is 5.75 Å². The molecule has 0 aliphatic carbocycles. The lowest BCUT2D eigenvalue weighted by atomic mass is 10.1. The van der Waals surface area contributed by atoms with Crippen LogP contribution in [0.15, 0.2) is 71.5 Å². The van der Waals surface area contributed by atoms with Crippen molar-refractivity contribution >= 4 is 46.6 Å². The lowest BCUT2D eigenvalue weighted by molar-refractivity contribution is 0.0706. The molecule has 200 valence electrons. The molecule has 1 aliphatic heterocycles. The highest BCUT2D eigenvalue weighted by Gasteiger charge is 2.32. The predicted octanol–water partition coefficient (Wildman–Crippen LogP) is 5.19. The maximum atomic E-state index is 13.7.